The molecule has 0 aliphatic heterocycles. The molecule has 2 aromatic carbocycles. The largest absolute Gasteiger partial charge is 0.435 e. The summed E-state index contributed by atoms with van der Waals surface area (Å²) >= 11 is 5.77. The summed E-state index contributed by atoms with van der Waals surface area (Å²) in [5, 5.41) is 2.77. The van der Waals surface area contributed by atoms with Gasteiger partial charge >= 0.3 is 12.2 Å². The number of anilines is 2. The maximum absolute atomic E-state index is 13.8. The van der Waals surface area contributed by atoms with Crippen molar-refractivity contribution in [2.75, 3.05) is 5.32 Å². The van der Waals surface area contributed by atoms with Crippen molar-refractivity contribution in [2.45, 2.75) is 20.1 Å². The molecule has 29 heavy (non-hydrogen) atoms. The lowest BCUT2D eigenvalue weighted by Gasteiger charge is -2.16. The SMILES string of the molecule is Cc1cc(OC(F)F)ccc1Nc1nc(=O)c(F)cn1Cc1ccc(F)c(Cl)c1. The molecule has 0 atom stereocenters. The van der Waals surface area contributed by atoms with Crippen molar-refractivity contribution in [2.24, 2.45) is 0 Å². The summed E-state index contributed by atoms with van der Waals surface area (Å²) in [4.78, 5) is 15.4. The predicted octanol–water partition coefficient (Wildman–Crippen LogP) is 4.88. The zero-order valence-corrected chi connectivity index (χ0v) is 15.7. The summed E-state index contributed by atoms with van der Waals surface area (Å²) in [6.07, 6.45) is 0.957. The fourth-order valence-corrected chi connectivity index (χ4v) is 2.80. The third-order valence-electron chi connectivity index (χ3n) is 3.96. The Kier molecular flexibility index (Phi) is 6.07. The number of nitrogens with zero attached hydrogens (tertiary/aromatic N) is 2. The van der Waals surface area contributed by atoms with Crippen molar-refractivity contribution in [3.05, 3.63) is 80.7 Å². The first kappa shape index (κ1) is 20.7. The predicted molar refractivity (Wildman–Crippen MR) is 100 cm³/mol. The fourth-order valence-electron chi connectivity index (χ4n) is 2.59. The van der Waals surface area contributed by atoms with Crippen LogP contribution in [0.2, 0.25) is 5.02 Å². The summed E-state index contributed by atoms with van der Waals surface area (Å²) in [6.45, 7) is -1.29. The normalized spacial score (nSPS) is 11.0. The van der Waals surface area contributed by atoms with E-state index in [4.69, 9.17) is 11.6 Å². The molecule has 152 valence electrons. The Labute approximate surface area is 167 Å². The van der Waals surface area contributed by atoms with Crippen LogP contribution in [0.5, 0.6) is 5.75 Å². The Morgan fingerprint density at radius 1 is 1.17 bits per heavy atom. The Morgan fingerprint density at radius 2 is 1.93 bits per heavy atom. The number of nitrogens with one attached hydrogen (secondary N) is 1. The second kappa shape index (κ2) is 8.52. The van der Waals surface area contributed by atoms with Gasteiger partial charge in [-0.05, 0) is 48.4 Å². The van der Waals surface area contributed by atoms with Gasteiger partial charge in [0.25, 0.3) is 0 Å². The van der Waals surface area contributed by atoms with Crippen molar-refractivity contribution < 1.29 is 22.3 Å². The van der Waals surface area contributed by atoms with Gasteiger partial charge in [0.1, 0.15) is 11.6 Å². The van der Waals surface area contributed by atoms with E-state index in [1.54, 1.807) is 6.92 Å². The molecule has 1 N–H and O–H groups in total. The Balaban J connectivity index is 1.93. The molecule has 0 aliphatic carbocycles. The second-order valence-electron chi connectivity index (χ2n) is 6.07. The summed E-state index contributed by atoms with van der Waals surface area (Å²) < 4.78 is 57.5. The van der Waals surface area contributed by atoms with E-state index >= 15 is 0 Å². The highest BCUT2D eigenvalue weighted by atomic mass is 35.5. The van der Waals surface area contributed by atoms with E-state index in [0.29, 0.717) is 16.8 Å². The van der Waals surface area contributed by atoms with E-state index in [1.807, 2.05) is 0 Å². The topological polar surface area (TPSA) is 56.1 Å². The average molecular weight is 428 g/mol. The first-order valence-electron chi connectivity index (χ1n) is 8.26. The van der Waals surface area contributed by atoms with Crippen LogP contribution in [0.25, 0.3) is 0 Å². The minimum Gasteiger partial charge on any atom is -0.435 e. The third kappa shape index (κ3) is 5.05. The number of alkyl halides is 2. The maximum atomic E-state index is 13.8. The molecule has 10 heteroatoms. The number of ether oxygens (including phenoxy) is 1. The molecule has 3 rings (SSSR count). The van der Waals surface area contributed by atoms with Crippen molar-refractivity contribution in [3.8, 4) is 5.75 Å². The van der Waals surface area contributed by atoms with Crippen LogP contribution in [0, 0.1) is 18.6 Å². The van der Waals surface area contributed by atoms with E-state index in [2.05, 4.69) is 15.0 Å². The average Bonchev–Trinajstić information content (AvgIpc) is 2.64. The second-order valence-corrected chi connectivity index (χ2v) is 6.48. The lowest BCUT2D eigenvalue weighted by Crippen LogP contribution is -2.20. The lowest BCUT2D eigenvalue weighted by atomic mass is 10.2. The molecule has 0 radical (unpaired) electrons. The number of hydrogen-bond acceptors (Lipinski definition) is 4. The van der Waals surface area contributed by atoms with Crippen LogP contribution < -0.4 is 15.6 Å². The molecule has 0 fully saturated rings. The Bertz CT molecular complexity index is 1110. The molecule has 0 spiro atoms. The van der Waals surface area contributed by atoms with Gasteiger partial charge in [0, 0.05) is 11.9 Å². The van der Waals surface area contributed by atoms with Gasteiger partial charge in [0.2, 0.25) is 11.8 Å². The molecule has 5 nitrogen and oxygen atoms in total. The molecule has 0 unspecified atom stereocenters. The van der Waals surface area contributed by atoms with Crippen LogP contribution >= 0.6 is 11.6 Å². The lowest BCUT2D eigenvalue weighted by molar-refractivity contribution is -0.0498. The molecule has 0 aliphatic rings. The third-order valence-corrected chi connectivity index (χ3v) is 4.25. The summed E-state index contributed by atoms with van der Waals surface area (Å²) in [5.41, 5.74) is 0.437. The maximum Gasteiger partial charge on any atom is 0.387 e. The number of hydrogen-bond donors (Lipinski definition) is 1. The molecule has 1 heterocycles. The standard InChI is InChI=1S/C19H14ClF4N3O2/c1-10-6-12(29-18(23)24)3-5-16(10)25-19-26-17(28)15(22)9-27(19)8-11-2-4-14(21)13(20)7-11/h2-7,9,18H,8H2,1H3,(H,25,26,28). The summed E-state index contributed by atoms with van der Waals surface area (Å²) in [7, 11) is 0. The number of aryl methyl sites for hydroxylation is 1. The summed E-state index contributed by atoms with van der Waals surface area (Å²) in [6, 6.07) is 8.15. The molecule has 1 aromatic heterocycles. The zero-order chi connectivity index (χ0) is 21.1. The van der Waals surface area contributed by atoms with Crippen LogP contribution in [0.15, 0.2) is 47.4 Å². The highest BCUT2D eigenvalue weighted by Gasteiger charge is 2.12. The van der Waals surface area contributed by atoms with Crippen molar-refractivity contribution in [3.63, 3.8) is 0 Å². The van der Waals surface area contributed by atoms with Gasteiger partial charge in [-0.3, -0.25) is 4.79 Å². The van der Waals surface area contributed by atoms with Gasteiger partial charge in [-0.25, -0.2) is 4.39 Å². The van der Waals surface area contributed by atoms with E-state index in [-0.39, 0.29) is 23.3 Å². The van der Waals surface area contributed by atoms with Gasteiger partial charge < -0.3 is 14.6 Å². The van der Waals surface area contributed by atoms with Gasteiger partial charge in [-0.1, -0.05) is 17.7 Å². The monoisotopic (exact) mass is 427 g/mol. The minimum atomic E-state index is -2.96. The molecule has 3 aromatic rings. The van der Waals surface area contributed by atoms with Crippen molar-refractivity contribution in [1.82, 2.24) is 9.55 Å². The minimum absolute atomic E-state index is 0.00229. The van der Waals surface area contributed by atoms with E-state index in [9.17, 15) is 22.4 Å². The highest BCUT2D eigenvalue weighted by molar-refractivity contribution is 6.30. The van der Waals surface area contributed by atoms with E-state index in [0.717, 1.165) is 6.20 Å². The number of rotatable bonds is 6. The Morgan fingerprint density at radius 3 is 2.59 bits per heavy atom. The molecule has 0 amide bonds. The van der Waals surface area contributed by atoms with Gasteiger partial charge in [0.05, 0.1) is 11.6 Å². The van der Waals surface area contributed by atoms with Crippen LogP contribution in [-0.4, -0.2) is 16.2 Å². The quantitative estimate of drug-likeness (QED) is 0.570. The molecular weight excluding hydrogens is 414 g/mol. The van der Waals surface area contributed by atoms with Crippen LogP contribution in [0.4, 0.5) is 29.2 Å². The first-order chi connectivity index (χ1) is 13.7. The Hall–Kier alpha value is -3.07. The van der Waals surface area contributed by atoms with Crippen molar-refractivity contribution in [1.29, 1.82) is 0 Å². The molecule has 0 saturated heterocycles. The fraction of sp³-hybridized carbons (Fsp3) is 0.158. The first-order valence-corrected chi connectivity index (χ1v) is 8.64. The highest BCUT2D eigenvalue weighted by Crippen LogP contribution is 2.25. The number of aromatic nitrogens is 2. The molecular formula is C19H14ClF4N3O2. The smallest absolute Gasteiger partial charge is 0.387 e. The van der Waals surface area contributed by atoms with Crippen LogP contribution in [0.1, 0.15) is 11.1 Å². The van der Waals surface area contributed by atoms with Gasteiger partial charge in [0.15, 0.2) is 0 Å². The van der Waals surface area contributed by atoms with Crippen molar-refractivity contribution >= 4 is 23.2 Å². The van der Waals surface area contributed by atoms with Crippen LogP contribution in [-0.2, 0) is 6.54 Å². The van der Waals surface area contributed by atoms with Gasteiger partial charge in [-0.2, -0.15) is 18.2 Å². The van der Waals surface area contributed by atoms with Crippen LogP contribution in [0.3, 0.4) is 0 Å². The number of halogens is 5. The van der Waals surface area contributed by atoms with E-state index in [1.165, 1.54) is 41.0 Å². The molecule has 0 saturated carbocycles. The van der Waals surface area contributed by atoms with Gasteiger partial charge in [-0.15, -0.1) is 0 Å². The molecule has 0 bridgehead atoms. The summed E-state index contributed by atoms with van der Waals surface area (Å²) in [5.74, 6) is -1.70. The number of benzene rings is 2. The zero-order valence-electron chi connectivity index (χ0n) is 14.9. The van der Waals surface area contributed by atoms with E-state index < -0.39 is 23.8 Å².